The smallest absolute Gasteiger partial charge is 0.409 e. The summed E-state index contributed by atoms with van der Waals surface area (Å²) in [5.41, 5.74) is 7.24. The molecule has 1 fully saturated rings. The summed E-state index contributed by atoms with van der Waals surface area (Å²) in [6, 6.07) is 7.85. The Hall–Kier alpha value is -1.26. The van der Waals surface area contributed by atoms with Crippen LogP contribution >= 0.6 is 11.6 Å². The number of benzene rings is 1. The zero-order chi connectivity index (χ0) is 14.5. The molecule has 1 heterocycles. The summed E-state index contributed by atoms with van der Waals surface area (Å²) in [6.45, 7) is 3.47. The minimum Gasteiger partial charge on any atom is -0.450 e. The summed E-state index contributed by atoms with van der Waals surface area (Å²) in [6.07, 6.45) is 1.53. The molecule has 1 amide bonds. The number of halogens is 1. The molecule has 1 aromatic carbocycles. The fraction of sp³-hybridized carbons (Fsp3) is 0.533. The number of likely N-dealkylation sites (tertiary alicyclic amines) is 1. The maximum atomic E-state index is 11.8. The zero-order valence-electron chi connectivity index (χ0n) is 11.7. The van der Waals surface area contributed by atoms with Crippen molar-refractivity contribution < 1.29 is 9.53 Å². The van der Waals surface area contributed by atoms with Crippen LogP contribution in [0.4, 0.5) is 4.79 Å². The van der Waals surface area contributed by atoms with Gasteiger partial charge in [0.15, 0.2) is 0 Å². The van der Waals surface area contributed by atoms with Crippen LogP contribution in [0.15, 0.2) is 24.3 Å². The molecule has 20 heavy (non-hydrogen) atoms. The molecule has 0 aromatic heterocycles. The third kappa shape index (κ3) is 4.12. The van der Waals surface area contributed by atoms with Crippen LogP contribution in [0, 0.1) is 5.92 Å². The lowest BCUT2D eigenvalue weighted by atomic mass is 9.89. The van der Waals surface area contributed by atoms with Gasteiger partial charge in [-0.25, -0.2) is 4.79 Å². The van der Waals surface area contributed by atoms with Gasteiger partial charge in [-0.1, -0.05) is 23.7 Å². The van der Waals surface area contributed by atoms with E-state index in [0.29, 0.717) is 25.6 Å². The topological polar surface area (TPSA) is 55.6 Å². The molecule has 1 aliphatic rings. The molecule has 1 aliphatic heterocycles. The summed E-state index contributed by atoms with van der Waals surface area (Å²) in [5, 5.41) is 0.741. The Morgan fingerprint density at radius 1 is 1.50 bits per heavy atom. The Bertz CT molecular complexity index is 467. The van der Waals surface area contributed by atoms with Crippen LogP contribution in [-0.4, -0.2) is 36.7 Å². The van der Waals surface area contributed by atoms with E-state index in [1.807, 2.05) is 25.1 Å². The van der Waals surface area contributed by atoms with E-state index in [-0.39, 0.29) is 12.1 Å². The van der Waals surface area contributed by atoms with Crippen molar-refractivity contribution in [1.29, 1.82) is 0 Å². The Labute approximate surface area is 124 Å². The Kier molecular flexibility index (Phi) is 5.26. The highest BCUT2D eigenvalue weighted by Crippen LogP contribution is 2.22. The maximum Gasteiger partial charge on any atom is 0.409 e. The second-order valence-corrected chi connectivity index (χ2v) is 5.74. The van der Waals surface area contributed by atoms with Gasteiger partial charge in [-0.15, -0.1) is 0 Å². The van der Waals surface area contributed by atoms with Crippen molar-refractivity contribution in [2.24, 2.45) is 11.7 Å². The van der Waals surface area contributed by atoms with Gasteiger partial charge < -0.3 is 15.4 Å². The molecule has 0 aliphatic carbocycles. The normalized spacial score (nSPS) is 22.6. The number of rotatable bonds is 3. The Morgan fingerprint density at radius 3 is 3.00 bits per heavy atom. The fourth-order valence-electron chi connectivity index (χ4n) is 2.76. The lowest BCUT2D eigenvalue weighted by Crippen LogP contribution is -2.50. The van der Waals surface area contributed by atoms with Gasteiger partial charge in [-0.3, -0.25) is 0 Å². The lowest BCUT2D eigenvalue weighted by molar-refractivity contribution is 0.0833. The zero-order valence-corrected chi connectivity index (χ0v) is 12.5. The average molecular weight is 297 g/mol. The van der Waals surface area contributed by atoms with Gasteiger partial charge in [-0.05, 0) is 43.4 Å². The fourth-order valence-corrected chi connectivity index (χ4v) is 2.97. The summed E-state index contributed by atoms with van der Waals surface area (Å²) in [5.74, 6) is 0.349. The molecule has 1 aromatic rings. The second-order valence-electron chi connectivity index (χ2n) is 5.30. The van der Waals surface area contributed by atoms with E-state index in [4.69, 9.17) is 22.1 Å². The predicted molar refractivity (Wildman–Crippen MR) is 79.8 cm³/mol. The number of carbonyl (C=O) groups excluding carboxylic acids is 1. The van der Waals surface area contributed by atoms with E-state index < -0.39 is 0 Å². The van der Waals surface area contributed by atoms with Crippen LogP contribution in [0.2, 0.25) is 5.02 Å². The first-order valence-corrected chi connectivity index (χ1v) is 7.38. The summed E-state index contributed by atoms with van der Waals surface area (Å²) < 4.78 is 5.06. The van der Waals surface area contributed by atoms with Crippen molar-refractivity contribution in [3.8, 4) is 0 Å². The highest BCUT2D eigenvalue weighted by atomic mass is 35.5. The van der Waals surface area contributed by atoms with Crippen LogP contribution in [0.5, 0.6) is 0 Å². The van der Waals surface area contributed by atoms with Gasteiger partial charge in [0.05, 0.1) is 6.61 Å². The van der Waals surface area contributed by atoms with Crippen molar-refractivity contribution >= 4 is 17.7 Å². The Balaban J connectivity index is 1.99. The van der Waals surface area contributed by atoms with E-state index in [9.17, 15) is 4.79 Å². The first-order chi connectivity index (χ1) is 9.58. The molecular weight excluding hydrogens is 276 g/mol. The standard InChI is InChI=1S/C15H21ClN2O2/c1-2-20-15(19)18-9-12(8-14(17)10-18)6-11-4-3-5-13(16)7-11/h3-5,7,12,14H,2,6,8-10,17H2,1H3. The molecule has 0 bridgehead atoms. The quantitative estimate of drug-likeness (QED) is 0.933. The number of nitrogens with two attached hydrogens (primary N) is 1. The van der Waals surface area contributed by atoms with Crippen molar-refractivity contribution in [2.45, 2.75) is 25.8 Å². The summed E-state index contributed by atoms with van der Waals surface area (Å²) in [4.78, 5) is 13.5. The minimum absolute atomic E-state index is 0.0114. The molecule has 4 nitrogen and oxygen atoms in total. The van der Waals surface area contributed by atoms with E-state index in [0.717, 1.165) is 17.9 Å². The van der Waals surface area contributed by atoms with Gasteiger partial charge in [-0.2, -0.15) is 0 Å². The van der Waals surface area contributed by atoms with Gasteiger partial charge >= 0.3 is 6.09 Å². The lowest BCUT2D eigenvalue weighted by Gasteiger charge is -2.35. The first-order valence-electron chi connectivity index (χ1n) is 7.00. The number of piperidine rings is 1. The molecule has 5 heteroatoms. The number of hydrogen-bond donors (Lipinski definition) is 1. The number of carbonyl (C=O) groups is 1. The monoisotopic (exact) mass is 296 g/mol. The van der Waals surface area contributed by atoms with Crippen molar-refractivity contribution in [2.75, 3.05) is 19.7 Å². The van der Waals surface area contributed by atoms with Crippen LogP contribution < -0.4 is 5.73 Å². The SMILES string of the molecule is CCOC(=O)N1CC(N)CC(Cc2cccc(Cl)c2)C1. The third-order valence-corrected chi connectivity index (χ3v) is 3.74. The van der Waals surface area contributed by atoms with Crippen LogP contribution in [0.25, 0.3) is 0 Å². The van der Waals surface area contributed by atoms with Crippen molar-refractivity contribution in [1.82, 2.24) is 4.90 Å². The first kappa shape index (κ1) is 15.1. The molecule has 110 valence electrons. The Morgan fingerprint density at radius 2 is 2.30 bits per heavy atom. The van der Waals surface area contributed by atoms with Crippen LogP contribution in [0.3, 0.4) is 0 Å². The molecule has 2 atom stereocenters. The molecule has 1 saturated heterocycles. The molecule has 2 rings (SSSR count). The summed E-state index contributed by atoms with van der Waals surface area (Å²) >= 11 is 6.00. The molecule has 0 radical (unpaired) electrons. The van der Waals surface area contributed by atoms with Gasteiger partial charge in [0, 0.05) is 24.2 Å². The number of amides is 1. The van der Waals surface area contributed by atoms with Gasteiger partial charge in [0.1, 0.15) is 0 Å². The largest absolute Gasteiger partial charge is 0.450 e. The highest BCUT2D eigenvalue weighted by molar-refractivity contribution is 6.30. The van der Waals surface area contributed by atoms with Gasteiger partial charge in [0.2, 0.25) is 0 Å². The van der Waals surface area contributed by atoms with E-state index in [1.54, 1.807) is 4.90 Å². The van der Waals surface area contributed by atoms with E-state index in [2.05, 4.69) is 6.07 Å². The number of hydrogen-bond acceptors (Lipinski definition) is 3. The van der Waals surface area contributed by atoms with E-state index >= 15 is 0 Å². The predicted octanol–water partition coefficient (Wildman–Crippen LogP) is 2.69. The molecule has 0 spiro atoms. The number of ether oxygens (including phenoxy) is 1. The van der Waals surface area contributed by atoms with Crippen molar-refractivity contribution in [3.05, 3.63) is 34.9 Å². The maximum absolute atomic E-state index is 11.8. The summed E-state index contributed by atoms with van der Waals surface area (Å²) in [7, 11) is 0. The highest BCUT2D eigenvalue weighted by Gasteiger charge is 2.28. The average Bonchev–Trinajstić information content (AvgIpc) is 2.38. The molecule has 2 unspecified atom stereocenters. The minimum atomic E-state index is -0.265. The van der Waals surface area contributed by atoms with Crippen LogP contribution in [0.1, 0.15) is 18.9 Å². The van der Waals surface area contributed by atoms with E-state index in [1.165, 1.54) is 5.56 Å². The molecule has 0 saturated carbocycles. The second kappa shape index (κ2) is 6.95. The van der Waals surface area contributed by atoms with Gasteiger partial charge in [0.25, 0.3) is 0 Å². The number of nitrogens with zero attached hydrogens (tertiary/aromatic N) is 1. The molecule has 2 N–H and O–H groups in total. The third-order valence-electron chi connectivity index (χ3n) is 3.51. The van der Waals surface area contributed by atoms with Crippen molar-refractivity contribution in [3.63, 3.8) is 0 Å². The van der Waals surface area contributed by atoms with Crippen LogP contribution in [-0.2, 0) is 11.2 Å². The molecular formula is C15H21ClN2O2.